The van der Waals surface area contributed by atoms with Crippen molar-refractivity contribution in [2.45, 2.75) is 39.2 Å². The highest BCUT2D eigenvalue weighted by Gasteiger charge is 2.37. The van der Waals surface area contributed by atoms with E-state index in [1.165, 1.54) is 12.8 Å². The average molecular weight is 247 g/mol. The number of hydrazine groups is 1. The van der Waals surface area contributed by atoms with Gasteiger partial charge in [-0.2, -0.15) is 0 Å². The third-order valence-electron chi connectivity index (χ3n) is 3.47. The maximum atomic E-state index is 12.2. The van der Waals surface area contributed by atoms with Crippen molar-refractivity contribution < 1.29 is 4.79 Å². The van der Waals surface area contributed by atoms with E-state index in [1.807, 2.05) is 25.1 Å². The SMILES string of the molecule is CCCC1CC1NC(=O)c1cc(C)ccc1NN. The lowest BCUT2D eigenvalue weighted by Crippen LogP contribution is -2.28. The molecule has 0 spiro atoms. The van der Waals surface area contributed by atoms with Crippen molar-refractivity contribution in [2.24, 2.45) is 11.8 Å². The topological polar surface area (TPSA) is 67.2 Å². The van der Waals surface area contributed by atoms with Crippen molar-refractivity contribution in [3.05, 3.63) is 29.3 Å². The Morgan fingerprint density at radius 3 is 2.94 bits per heavy atom. The van der Waals surface area contributed by atoms with E-state index in [0.717, 1.165) is 12.0 Å². The normalized spacial score (nSPS) is 21.5. The Bertz CT molecular complexity index is 445. The number of anilines is 1. The molecule has 2 rings (SSSR count). The molecule has 0 saturated heterocycles. The molecule has 0 radical (unpaired) electrons. The number of hydrogen-bond donors (Lipinski definition) is 3. The molecular formula is C14H21N3O. The van der Waals surface area contributed by atoms with Crippen LogP contribution in [0.4, 0.5) is 5.69 Å². The third kappa shape index (κ3) is 2.82. The molecule has 0 heterocycles. The summed E-state index contributed by atoms with van der Waals surface area (Å²) in [6.07, 6.45) is 3.48. The molecule has 18 heavy (non-hydrogen) atoms. The van der Waals surface area contributed by atoms with Crippen LogP contribution < -0.4 is 16.6 Å². The summed E-state index contributed by atoms with van der Waals surface area (Å²) in [6.45, 7) is 4.14. The average Bonchev–Trinajstić information content (AvgIpc) is 3.07. The molecule has 4 nitrogen and oxygen atoms in total. The van der Waals surface area contributed by atoms with Crippen molar-refractivity contribution in [1.29, 1.82) is 0 Å². The number of hydrogen-bond acceptors (Lipinski definition) is 3. The standard InChI is InChI=1S/C14H21N3O/c1-3-4-10-8-13(10)16-14(18)11-7-9(2)5-6-12(11)17-15/h5-7,10,13,17H,3-4,8,15H2,1-2H3,(H,16,18). The van der Waals surface area contributed by atoms with E-state index in [2.05, 4.69) is 17.7 Å². The number of amides is 1. The first kappa shape index (κ1) is 12.9. The fourth-order valence-corrected chi connectivity index (χ4v) is 2.33. The molecule has 1 fully saturated rings. The first-order valence-corrected chi connectivity index (χ1v) is 6.53. The van der Waals surface area contributed by atoms with Gasteiger partial charge in [0, 0.05) is 6.04 Å². The predicted molar refractivity (Wildman–Crippen MR) is 73.3 cm³/mol. The molecule has 1 aliphatic rings. The molecular weight excluding hydrogens is 226 g/mol. The van der Waals surface area contributed by atoms with Gasteiger partial charge in [-0.25, -0.2) is 0 Å². The van der Waals surface area contributed by atoms with E-state index in [9.17, 15) is 4.79 Å². The first-order chi connectivity index (χ1) is 8.65. The number of nitrogens with one attached hydrogen (secondary N) is 2. The van der Waals surface area contributed by atoms with Gasteiger partial charge in [0.05, 0.1) is 11.3 Å². The second-order valence-corrected chi connectivity index (χ2v) is 5.06. The van der Waals surface area contributed by atoms with Crippen LogP contribution in [0.2, 0.25) is 0 Å². The number of nitrogens with two attached hydrogens (primary N) is 1. The molecule has 0 bridgehead atoms. The fourth-order valence-electron chi connectivity index (χ4n) is 2.33. The molecule has 2 unspecified atom stereocenters. The summed E-state index contributed by atoms with van der Waals surface area (Å²) < 4.78 is 0. The number of benzene rings is 1. The van der Waals surface area contributed by atoms with Gasteiger partial charge in [-0.1, -0.05) is 25.0 Å². The Morgan fingerprint density at radius 2 is 2.28 bits per heavy atom. The molecule has 1 aliphatic carbocycles. The van der Waals surface area contributed by atoms with Gasteiger partial charge in [0.1, 0.15) is 0 Å². The molecule has 1 saturated carbocycles. The summed E-state index contributed by atoms with van der Waals surface area (Å²) in [4.78, 5) is 12.2. The van der Waals surface area contributed by atoms with Crippen molar-refractivity contribution in [2.75, 3.05) is 5.43 Å². The van der Waals surface area contributed by atoms with Gasteiger partial charge in [-0.15, -0.1) is 0 Å². The predicted octanol–water partition coefficient (Wildman–Crippen LogP) is 2.20. The van der Waals surface area contributed by atoms with E-state index < -0.39 is 0 Å². The minimum Gasteiger partial charge on any atom is -0.349 e. The zero-order valence-corrected chi connectivity index (χ0v) is 11.0. The van der Waals surface area contributed by atoms with E-state index in [-0.39, 0.29) is 5.91 Å². The highest BCUT2D eigenvalue weighted by Crippen LogP contribution is 2.35. The maximum absolute atomic E-state index is 12.2. The van der Waals surface area contributed by atoms with Gasteiger partial charge in [0.2, 0.25) is 0 Å². The van der Waals surface area contributed by atoms with Crippen LogP contribution >= 0.6 is 0 Å². The number of carbonyl (C=O) groups excluding carboxylic acids is 1. The van der Waals surface area contributed by atoms with Crippen molar-refractivity contribution in [3.63, 3.8) is 0 Å². The summed E-state index contributed by atoms with van der Waals surface area (Å²) in [7, 11) is 0. The third-order valence-corrected chi connectivity index (χ3v) is 3.47. The molecule has 4 N–H and O–H groups in total. The number of nitrogen functional groups attached to an aromatic ring is 1. The molecule has 4 heteroatoms. The molecule has 0 aromatic heterocycles. The Hall–Kier alpha value is -1.55. The number of aryl methyl sites for hydroxylation is 1. The lowest BCUT2D eigenvalue weighted by molar-refractivity contribution is 0.0949. The van der Waals surface area contributed by atoms with E-state index in [1.54, 1.807) is 0 Å². The summed E-state index contributed by atoms with van der Waals surface area (Å²) in [5.74, 6) is 6.06. The Kier molecular flexibility index (Phi) is 3.87. The van der Waals surface area contributed by atoms with Crippen LogP contribution in [0.5, 0.6) is 0 Å². The van der Waals surface area contributed by atoms with E-state index in [0.29, 0.717) is 23.2 Å². The van der Waals surface area contributed by atoms with E-state index >= 15 is 0 Å². The van der Waals surface area contributed by atoms with Crippen molar-refractivity contribution in [1.82, 2.24) is 5.32 Å². The molecule has 1 aromatic carbocycles. The molecule has 98 valence electrons. The fraction of sp³-hybridized carbons (Fsp3) is 0.500. The Balaban J connectivity index is 2.03. The highest BCUT2D eigenvalue weighted by atomic mass is 16.1. The van der Waals surface area contributed by atoms with E-state index in [4.69, 9.17) is 5.84 Å². The van der Waals surface area contributed by atoms with Crippen LogP contribution in [0.15, 0.2) is 18.2 Å². The largest absolute Gasteiger partial charge is 0.349 e. The summed E-state index contributed by atoms with van der Waals surface area (Å²) in [6, 6.07) is 5.98. The highest BCUT2D eigenvalue weighted by molar-refractivity contribution is 6.00. The van der Waals surface area contributed by atoms with Gasteiger partial charge in [-0.3, -0.25) is 10.6 Å². The minimum absolute atomic E-state index is 0.0322. The van der Waals surface area contributed by atoms with Crippen LogP contribution in [0.1, 0.15) is 42.1 Å². The Morgan fingerprint density at radius 1 is 1.50 bits per heavy atom. The van der Waals surface area contributed by atoms with Crippen LogP contribution in [0.25, 0.3) is 0 Å². The zero-order chi connectivity index (χ0) is 13.1. The smallest absolute Gasteiger partial charge is 0.253 e. The first-order valence-electron chi connectivity index (χ1n) is 6.53. The Labute approximate surface area is 108 Å². The quantitative estimate of drug-likeness (QED) is 0.552. The van der Waals surface area contributed by atoms with Crippen LogP contribution in [-0.4, -0.2) is 11.9 Å². The van der Waals surface area contributed by atoms with Gasteiger partial charge in [0.15, 0.2) is 0 Å². The lowest BCUT2D eigenvalue weighted by atomic mass is 10.1. The van der Waals surface area contributed by atoms with Crippen LogP contribution in [0.3, 0.4) is 0 Å². The molecule has 2 atom stereocenters. The lowest BCUT2D eigenvalue weighted by Gasteiger charge is -2.10. The van der Waals surface area contributed by atoms with Crippen LogP contribution in [0, 0.1) is 12.8 Å². The summed E-state index contributed by atoms with van der Waals surface area (Å²) >= 11 is 0. The second kappa shape index (κ2) is 5.40. The van der Waals surface area contributed by atoms with Crippen molar-refractivity contribution >= 4 is 11.6 Å². The van der Waals surface area contributed by atoms with Crippen LogP contribution in [-0.2, 0) is 0 Å². The number of carbonyl (C=O) groups is 1. The minimum atomic E-state index is -0.0322. The summed E-state index contributed by atoms with van der Waals surface area (Å²) in [5, 5.41) is 3.07. The van der Waals surface area contributed by atoms with Gasteiger partial charge >= 0.3 is 0 Å². The van der Waals surface area contributed by atoms with Gasteiger partial charge in [0.25, 0.3) is 5.91 Å². The zero-order valence-electron chi connectivity index (χ0n) is 11.0. The molecule has 0 aliphatic heterocycles. The monoisotopic (exact) mass is 247 g/mol. The van der Waals surface area contributed by atoms with Gasteiger partial charge < -0.3 is 10.7 Å². The molecule has 1 amide bonds. The summed E-state index contributed by atoms with van der Waals surface area (Å²) in [5.41, 5.74) is 4.93. The van der Waals surface area contributed by atoms with Crippen molar-refractivity contribution in [3.8, 4) is 0 Å². The number of rotatable bonds is 5. The van der Waals surface area contributed by atoms with Gasteiger partial charge in [-0.05, 0) is 37.8 Å². The second-order valence-electron chi connectivity index (χ2n) is 5.06. The maximum Gasteiger partial charge on any atom is 0.253 e. The molecule has 1 aromatic rings.